The number of aryl methyl sites for hydroxylation is 2. The first-order valence-corrected chi connectivity index (χ1v) is 9.63. The van der Waals surface area contributed by atoms with Gasteiger partial charge in [-0.3, -0.25) is 4.79 Å². The lowest BCUT2D eigenvalue weighted by Gasteiger charge is -2.16. The van der Waals surface area contributed by atoms with E-state index in [2.05, 4.69) is 20.6 Å². The third kappa shape index (κ3) is 5.18. The fraction of sp³-hybridized carbons (Fsp3) is 0.476. The first kappa shape index (κ1) is 19.1. The summed E-state index contributed by atoms with van der Waals surface area (Å²) < 4.78 is 5.41. The summed E-state index contributed by atoms with van der Waals surface area (Å²) in [6.45, 7) is 3.81. The molecule has 144 valence electrons. The Morgan fingerprint density at radius 3 is 2.52 bits per heavy atom. The summed E-state index contributed by atoms with van der Waals surface area (Å²) in [5.74, 6) is 1.73. The number of nitrogens with one attached hydrogen (secondary N) is 2. The Kier molecular flexibility index (Phi) is 6.27. The lowest BCUT2D eigenvalue weighted by molar-refractivity contribution is 0.0928. The predicted octanol–water partition coefficient (Wildman–Crippen LogP) is 4.30. The molecule has 1 saturated carbocycles. The number of methoxy groups -OCH3 is 1. The number of nitrogens with zero attached hydrogens (tertiary/aromatic N) is 2. The van der Waals surface area contributed by atoms with Crippen molar-refractivity contribution in [3.05, 3.63) is 41.3 Å². The van der Waals surface area contributed by atoms with Crippen LogP contribution in [-0.4, -0.2) is 29.0 Å². The molecule has 6 heteroatoms. The molecule has 1 aliphatic carbocycles. The number of amides is 1. The maximum Gasteiger partial charge on any atom is 0.270 e. The first-order valence-electron chi connectivity index (χ1n) is 9.63. The molecule has 0 spiro atoms. The molecule has 1 fully saturated rings. The molecule has 2 N–H and O–H groups in total. The highest BCUT2D eigenvalue weighted by atomic mass is 16.5. The minimum Gasteiger partial charge on any atom is -0.495 e. The zero-order valence-electron chi connectivity index (χ0n) is 16.3. The fourth-order valence-electron chi connectivity index (χ4n) is 3.49. The van der Waals surface area contributed by atoms with Crippen molar-refractivity contribution in [2.45, 2.75) is 58.4 Å². The normalized spacial score (nSPS) is 15.1. The smallest absolute Gasteiger partial charge is 0.270 e. The summed E-state index contributed by atoms with van der Waals surface area (Å²) >= 11 is 0. The van der Waals surface area contributed by atoms with Crippen molar-refractivity contribution in [3.8, 4) is 5.75 Å². The second kappa shape index (κ2) is 8.84. The molecule has 27 heavy (non-hydrogen) atoms. The Morgan fingerprint density at radius 2 is 1.81 bits per heavy atom. The Labute approximate surface area is 160 Å². The van der Waals surface area contributed by atoms with Gasteiger partial charge in [-0.15, -0.1) is 0 Å². The van der Waals surface area contributed by atoms with Crippen LogP contribution < -0.4 is 15.4 Å². The Balaban J connectivity index is 1.77. The van der Waals surface area contributed by atoms with Gasteiger partial charge in [-0.25, -0.2) is 9.97 Å². The van der Waals surface area contributed by atoms with Crippen molar-refractivity contribution in [2.24, 2.45) is 0 Å². The molecule has 0 unspecified atom stereocenters. The Morgan fingerprint density at radius 1 is 1.07 bits per heavy atom. The highest BCUT2D eigenvalue weighted by Gasteiger charge is 2.18. The Hall–Kier alpha value is -2.63. The number of benzene rings is 1. The third-order valence-corrected chi connectivity index (χ3v) is 4.88. The van der Waals surface area contributed by atoms with E-state index in [9.17, 15) is 4.79 Å². The van der Waals surface area contributed by atoms with Gasteiger partial charge in [0.1, 0.15) is 23.1 Å². The summed E-state index contributed by atoms with van der Waals surface area (Å²) in [4.78, 5) is 21.5. The maximum absolute atomic E-state index is 12.7. The van der Waals surface area contributed by atoms with Crippen LogP contribution in [0.1, 0.15) is 60.4 Å². The van der Waals surface area contributed by atoms with Crippen molar-refractivity contribution in [3.63, 3.8) is 0 Å². The summed E-state index contributed by atoms with van der Waals surface area (Å²) in [6, 6.07) is 7.82. The number of rotatable bonds is 5. The van der Waals surface area contributed by atoms with Crippen LogP contribution in [0.5, 0.6) is 5.75 Å². The van der Waals surface area contributed by atoms with Gasteiger partial charge in [0, 0.05) is 12.1 Å². The van der Waals surface area contributed by atoms with E-state index in [0.717, 1.165) is 29.8 Å². The van der Waals surface area contributed by atoms with Crippen molar-refractivity contribution < 1.29 is 9.53 Å². The minimum atomic E-state index is -0.133. The van der Waals surface area contributed by atoms with E-state index in [-0.39, 0.29) is 11.9 Å². The predicted molar refractivity (Wildman–Crippen MR) is 107 cm³/mol. The summed E-state index contributed by atoms with van der Waals surface area (Å²) in [6.07, 6.45) is 6.95. The largest absolute Gasteiger partial charge is 0.495 e. The van der Waals surface area contributed by atoms with E-state index in [1.807, 2.05) is 25.1 Å². The lowest BCUT2D eigenvalue weighted by atomic mass is 10.1. The number of hydrogen-bond donors (Lipinski definition) is 2. The number of carbonyl (C=O) groups excluding carboxylic acids is 1. The van der Waals surface area contributed by atoms with Crippen LogP contribution in [0.2, 0.25) is 0 Å². The van der Waals surface area contributed by atoms with Gasteiger partial charge < -0.3 is 15.4 Å². The molecule has 1 aromatic carbocycles. The summed E-state index contributed by atoms with van der Waals surface area (Å²) in [7, 11) is 1.63. The molecular weight excluding hydrogens is 340 g/mol. The van der Waals surface area contributed by atoms with Crippen LogP contribution in [0, 0.1) is 13.8 Å². The molecule has 6 nitrogen and oxygen atoms in total. The number of aromatic nitrogens is 2. The minimum absolute atomic E-state index is 0.133. The molecular formula is C21H28N4O2. The van der Waals surface area contributed by atoms with Gasteiger partial charge in [-0.2, -0.15) is 0 Å². The van der Waals surface area contributed by atoms with Crippen molar-refractivity contribution in [2.75, 3.05) is 12.4 Å². The molecule has 0 bridgehead atoms. The SMILES string of the molecule is COc1ccc(C)cc1Nc1cc(C(=O)NC2CCCCCC2)nc(C)n1. The highest BCUT2D eigenvalue weighted by molar-refractivity contribution is 5.93. The van der Waals surface area contributed by atoms with Gasteiger partial charge in [0.15, 0.2) is 0 Å². The van der Waals surface area contributed by atoms with Gasteiger partial charge in [0.2, 0.25) is 0 Å². The van der Waals surface area contributed by atoms with Gasteiger partial charge in [0.25, 0.3) is 5.91 Å². The Bertz CT molecular complexity index is 799. The molecule has 1 aliphatic rings. The van der Waals surface area contributed by atoms with E-state index in [0.29, 0.717) is 17.3 Å². The van der Waals surface area contributed by atoms with Crippen LogP contribution in [0.15, 0.2) is 24.3 Å². The van der Waals surface area contributed by atoms with E-state index in [4.69, 9.17) is 4.74 Å². The fourth-order valence-corrected chi connectivity index (χ4v) is 3.49. The maximum atomic E-state index is 12.7. The van der Waals surface area contributed by atoms with Crippen LogP contribution >= 0.6 is 0 Å². The number of ether oxygens (including phenoxy) is 1. The van der Waals surface area contributed by atoms with Gasteiger partial charge in [0.05, 0.1) is 12.8 Å². The lowest BCUT2D eigenvalue weighted by Crippen LogP contribution is -2.35. The standard InChI is InChI=1S/C21H28N4O2/c1-14-10-11-19(27-3)17(12-14)25-20-13-18(22-15(2)23-20)21(26)24-16-8-6-4-5-7-9-16/h10-13,16H,4-9H2,1-3H3,(H,24,26)(H,22,23,25). The molecule has 0 atom stereocenters. The number of carbonyl (C=O) groups is 1. The van der Waals surface area contributed by atoms with Gasteiger partial charge in [-0.05, 0) is 44.4 Å². The topological polar surface area (TPSA) is 76.1 Å². The zero-order valence-corrected chi connectivity index (χ0v) is 16.3. The molecule has 0 saturated heterocycles. The van der Waals surface area contributed by atoms with Gasteiger partial charge in [-0.1, -0.05) is 31.7 Å². The molecule has 1 amide bonds. The summed E-state index contributed by atoms with van der Waals surface area (Å²) in [5, 5.41) is 6.40. The molecule has 1 heterocycles. The monoisotopic (exact) mass is 368 g/mol. The zero-order chi connectivity index (χ0) is 19.2. The van der Waals surface area contributed by atoms with E-state index >= 15 is 0 Å². The van der Waals surface area contributed by atoms with Gasteiger partial charge >= 0.3 is 0 Å². The third-order valence-electron chi connectivity index (χ3n) is 4.88. The van der Waals surface area contributed by atoms with E-state index in [1.54, 1.807) is 20.1 Å². The van der Waals surface area contributed by atoms with Crippen molar-refractivity contribution in [1.82, 2.24) is 15.3 Å². The highest BCUT2D eigenvalue weighted by Crippen LogP contribution is 2.28. The van der Waals surface area contributed by atoms with E-state index in [1.165, 1.54) is 25.7 Å². The second-order valence-electron chi connectivity index (χ2n) is 7.18. The van der Waals surface area contributed by atoms with E-state index < -0.39 is 0 Å². The number of anilines is 2. The molecule has 3 rings (SSSR count). The second-order valence-corrected chi connectivity index (χ2v) is 7.18. The van der Waals surface area contributed by atoms with Crippen LogP contribution in [0.25, 0.3) is 0 Å². The molecule has 0 radical (unpaired) electrons. The molecule has 2 aromatic rings. The van der Waals surface area contributed by atoms with Crippen LogP contribution in [0.3, 0.4) is 0 Å². The average molecular weight is 368 g/mol. The van der Waals surface area contributed by atoms with Crippen LogP contribution in [0.4, 0.5) is 11.5 Å². The first-order chi connectivity index (χ1) is 13.0. The average Bonchev–Trinajstić information content (AvgIpc) is 2.90. The quantitative estimate of drug-likeness (QED) is 0.770. The van der Waals surface area contributed by atoms with Crippen molar-refractivity contribution in [1.29, 1.82) is 0 Å². The number of hydrogen-bond acceptors (Lipinski definition) is 5. The molecule has 0 aliphatic heterocycles. The molecule has 1 aromatic heterocycles. The van der Waals surface area contributed by atoms with Crippen molar-refractivity contribution >= 4 is 17.4 Å². The summed E-state index contributed by atoms with van der Waals surface area (Å²) in [5.41, 5.74) is 2.31. The van der Waals surface area contributed by atoms with Crippen LogP contribution in [-0.2, 0) is 0 Å².